The molecule has 0 saturated heterocycles. The van der Waals surface area contributed by atoms with Crippen molar-refractivity contribution in [3.05, 3.63) is 35.9 Å². The van der Waals surface area contributed by atoms with Gasteiger partial charge in [0.05, 0.1) is 13.2 Å². The molecule has 1 aromatic carbocycles. The number of esters is 2. The van der Waals surface area contributed by atoms with Crippen LogP contribution in [0.5, 0.6) is 0 Å². The van der Waals surface area contributed by atoms with Gasteiger partial charge in [0.2, 0.25) is 0 Å². The summed E-state index contributed by atoms with van der Waals surface area (Å²) in [5.41, 5.74) is 0.124. The average Bonchev–Trinajstić information content (AvgIpc) is 2.51. The normalized spacial score (nSPS) is 16.4. The molecule has 0 heterocycles. The lowest BCUT2D eigenvalue weighted by Gasteiger charge is -2.43. The number of rotatable bonds is 8. The summed E-state index contributed by atoms with van der Waals surface area (Å²) in [6, 6.07) is 10.1. The minimum Gasteiger partial charge on any atom is -0.465 e. The molecule has 126 valence electrons. The summed E-state index contributed by atoms with van der Waals surface area (Å²) in [5, 5.41) is 3.38. The minimum atomic E-state index is -1.09. The predicted octanol–water partition coefficient (Wildman–Crippen LogP) is 2.30. The van der Waals surface area contributed by atoms with E-state index in [1.807, 2.05) is 18.2 Å². The van der Waals surface area contributed by atoms with Gasteiger partial charge >= 0.3 is 11.9 Å². The highest BCUT2D eigenvalue weighted by Gasteiger charge is 2.58. The van der Waals surface area contributed by atoms with Crippen molar-refractivity contribution in [2.24, 2.45) is 11.3 Å². The first-order valence-electron chi connectivity index (χ1n) is 8.21. The molecule has 0 radical (unpaired) electrons. The van der Waals surface area contributed by atoms with E-state index in [1.54, 1.807) is 13.8 Å². The third-order valence-electron chi connectivity index (χ3n) is 4.21. The summed E-state index contributed by atoms with van der Waals surface area (Å²) in [6.07, 6.45) is 0.985. The molecule has 1 aliphatic carbocycles. The summed E-state index contributed by atoms with van der Waals surface area (Å²) in [5.74, 6) is -0.608. The van der Waals surface area contributed by atoms with Crippen molar-refractivity contribution in [1.82, 2.24) is 5.32 Å². The molecular weight excluding hydrogens is 294 g/mol. The fourth-order valence-electron chi connectivity index (χ4n) is 3.04. The first-order chi connectivity index (χ1) is 11.1. The van der Waals surface area contributed by atoms with Crippen molar-refractivity contribution in [1.29, 1.82) is 0 Å². The van der Waals surface area contributed by atoms with Gasteiger partial charge < -0.3 is 14.8 Å². The fraction of sp³-hybridized carbons (Fsp3) is 0.556. The molecule has 5 heteroatoms. The Morgan fingerprint density at radius 3 is 2.17 bits per heavy atom. The van der Waals surface area contributed by atoms with E-state index in [0.717, 1.165) is 13.1 Å². The maximum atomic E-state index is 12.2. The van der Waals surface area contributed by atoms with E-state index in [4.69, 9.17) is 9.47 Å². The number of carbonyl (C=O) groups excluding carboxylic acids is 2. The van der Waals surface area contributed by atoms with Crippen LogP contribution in [0.1, 0.15) is 32.3 Å². The third kappa shape index (κ3) is 4.10. The lowest BCUT2D eigenvalue weighted by atomic mass is 9.61. The largest absolute Gasteiger partial charge is 0.465 e. The van der Waals surface area contributed by atoms with Crippen molar-refractivity contribution < 1.29 is 19.1 Å². The van der Waals surface area contributed by atoms with E-state index >= 15 is 0 Å². The lowest BCUT2D eigenvalue weighted by Crippen LogP contribution is -2.53. The fourth-order valence-corrected chi connectivity index (χ4v) is 3.04. The molecule has 1 fully saturated rings. The Bertz CT molecular complexity index is 503. The highest BCUT2D eigenvalue weighted by Crippen LogP contribution is 2.47. The maximum absolute atomic E-state index is 12.2. The molecule has 1 aromatic rings. The van der Waals surface area contributed by atoms with Gasteiger partial charge in [-0.05, 0) is 44.7 Å². The van der Waals surface area contributed by atoms with Gasteiger partial charge in [-0.1, -0.05) is 30.3 Å². The second kappa shape index (κ2) is 8.11. The van der Waals surface area contributed by atoms with E-state index in [0.29, 0.717) is 12.8 Å². The number of hydrogen-bond acceptors (Lipinski definition) is 5. The van der Waals surface area contributed by atoms with Gasteiger partial charge in [0.15, 0.2) is 5.41 Å². The Morgan fingerprint density at radius 1 is 1.09 bits per heavy atom. The monoisotopic (exact) mass is 319 g/mol. The highest BCUT2D eigenvalue weighted by molar-refractivity contribution is 6.01. The Balaban J connectivity index is 1.84. The molecule has 5 nitrogen and oxygen atoms in total. The lowest BCUT2D eigenvalue weighted by molar-refractivity contribution is -0.183. The molecular formula is C18H25NO4. The summed E-state index contributed by atoms with van der Waals surface area (Å²) in [6.45, 7) is 5.59. The average molecular weight is 319 g/mol. The predicted molar refractivity (Wildman–Crippen MR) is 86.6 cm³/mol. The van der Waals surface area contributed by atoms with Crippen LogP contribution >= 0.6 is 0 Å². The van der Waals surface area contributed by atoms with E-state index in [1.165, 1.54) is 5.56 Å². The molecule has 0 aliphatic heterocycles. The van der Waals surface area contributed by atoms with Crippen LogP contribution in [0.3, 0.4) is 0 Å². The summed E-state index contributed by atoms with van der Waals surface area (Å²) < 4.78 is 10.2. The van der Waals surface area contributed by atoms with Crippen LogP contribution in [0.25, 0.3) is 0 Å². The Kier molecular flexibility index (Phi) is 6.16. The zero-order chi connectivity index (χ0) is 16.7. The van der Waals surface area contributed by atoms with E-state index < -0.39 is 17.4 Å². The number of carbonyl (C=O) groups is 2. The molecule has 2 rings (SSSR count). The van der Waals surface area contributed by atoms with E-state index in [-0.39, 0.29) is 19.1 Å². The van der Waals surface area contributed by atoms with Crippen LogP contribution in [0, 0.1) is 11.3 Å². The van der Waals surface area contributed by atoms with Crippen molar-refractivity contribution >= 4 is 11.9 Å². The first-order valence-corrected chi connectivity index (χ1v) is 8.21. The SMILES string of the molecule is CCOC(=O)C1(C(=O)OCC)CC(CNCc2ccccc2)C1. The van der Waals surface area contributed by atoms with Crippen molar-refractivity contribution in [2.75, 3.05) is 19.8 Å². The van der Waals surface area contributed by atoms with Gasteiger partial charge in [0.1, 0.15) is 0 Å². The number of benzene rings is 1. The quantitative estimate of drug-likeness (QED) is 0.588. The standard InChI is InChI=1S/C18H25NO4/c1-3-22-16(20)18(17(21)23-4-2)10-15(11-18)13-19-12-14-8-6-5-7-9-14/h5-9,15,19H,3-4,10-13H2,1-2H3. The van der Waals surface area contributed by atoms with Crippen LogP contribution in [0.4, 0.5) is 0 Å². The van der Waals surface area contributed by atoms with Crippen LogP contribution in [-0.2, 0) is 25.6 Å². The van der Waals surface area contributed by atoms with Crippen molar-refractivity contribution in [2.45, 2.75) is 33.2 Å². The zero-order valence-corrected chi connectivity index (χ0v) is 13.8. The maximum Gasteiger partial charge on any atom is 0.323 e. The molecule has 0 aromatic heterocycles. The second-order valence-electron chi connectivity index (χ2n) is 5.91. The number of hydrogen-bond donors (Lipinski definition) is 1. The summed E-state index contributed by atoms with van der Waals surface area (Å²) in [7, 11) is 0. The Hall–Kier alpha value is -1.88. The smallest absolute Gasteiger partial charge is 0.323 e. The molecule has 0 bridgehead atoms. The number of nitrogens with one attached hydrogen (secondary N) is 1. The van der Waals surface area contributed by atoms with Crippen LogP contribution in [0.15, 0.2) is 30.3 Å². The van der Waals surface area contributed by atoms with Crippen molar-refractivity contribution in [3.8, 4) is 0 Å². The van der Waals surface area contributed by atoms with Gasteiger partial charge in [-0.3, -0.25) is 9.59 Å². The molecule has 1 saturated carbocycles. The van der Waals surface area contributed by atoms with Gasteiger partial charge in [-0.15, -0.1) is 0 Å². The number of ether oxygens (including phenoxy) is 2. The van der Waals surface area contributed by atoms with Gasteiger partial charge in [0.25, 0.3) is 0 Å². The Labute approximate surface area is 137 Å². The van der Waals surface area contributed by atoms with Crippen molar-refractivity contribution in [3.63, 3.8) is 0 Å². The van der Waals surface area contributed by atoms with E-state index in [9.17, 15) is 9.59 Å². The first kappa shape index (κ1) is 17.5. The topological polar surface area (TPSA) is 64.6 Å². The summed E-state index contributed by atoms with van der Waals surface area (Å²) >= 11 is 0. The van der Waals surface area contributed by atoms with Crippen LogP contribution in [0.2, 0.25) is 0 Å². The molecule has 1 N–H and O–H groups in total. The van der Waals surface area contributed by atoms with Crippen LogP contribution in [-0.4, -0.2) is 31.7 Å². The van der Waals surface area contributed by atoms with Gasteiger partial charge in [-0.2, -0.15) is 0 Å². The molecule has 23 heavy (non-hydrogen) atoms. The molecule has 0 amide bonds. The third-order valence-corrected chi connectivity index (χ3v) is 4.21. The summed E-state index contributed by atoms with van der Waals surface area (Å²) in [4.78, 5) is 24.3. The molecule has 0 spiro atoms. The van der Waals surface area contributed by atoms with Gasteiger partial charge in [-0.25, -0.2) is 0 Å². The molecule has 1 aliphatic rings. The van der Waals surface area contributed by atoms with E-state index in [2.05, 4.69) is 17.4 Å². The minimum absolute atomic E-state index is 0.275. The van der Waals surface area contributed by atoms with Crippen LogP contribution < -0.4 is 5.32 Å². The highest BCUT2D eigenvalue weighted by atomic mass is 16.6. The van der Waals surface area contributed by atoms with Gasteiger partial charge in [0, 0.05) is 6.54 Å². The second-order valence-corrected chi connectivity index (χ2v) is 5.91. The zero-order valence-electron chi connectivity index (χ0n) is 13.8. The molecule has 0 unspecified atom stereocenters. The molecule has 0 atom stereocenters. The Morgan fingerprint density at radius 2 is 1.65 bits per heavy atom.